The molecule has 3 aromatic rings. The average molecular weight is 624 g/mol. The molecule has 0 radical (unpaired) electrons. The average Bonchev–Trinajstić information content (AvgIpc) is 3.60. The first-order chi connectivity index (χ1) is 21.2. The van der Waals surface area contributed by atoms with Crippen molar-refractivity contribution in [1.29, 1.82) is 0 Å². The zero-order chi connectivity index (χ0) is 32.9. The van der Waals surface area contributed by atoms with Gasteiger partial charge in [-0.05, 0) is 63.9 Å². The standard InChI is InChI=1S/C32H42FN7O5/c1-21(2)40(31(43)44-32(4,5)6)15-14-34-28(41)19-38(27-16-23(12-13-26(27)33)30-35-22(3)45-36-30)20-29(42)37(7)39-17-24-10-8-9-11-25(24)18-39/h8-13,16,21H,14-15,17-20H2,1-7H3,(H,34,41). The van der Waals surface area contributed by atoms with Crippen LogP contribution in [0, 0.1) is 12.7 Å². The number of amides is 3. The van der Waals surface area contributed by atoms with Gasteiger partial charge in [0, 0.05) is 51.8 Å². The van der Waals surface area contributed by atoms with Crippen LogP contribution >= 0.6 is 0 Å². The summed E-state index contributed by atoms with van der Waals surface area (Å²) in [7, 11) is 1.67. The molecule has 2 aromatic carbocycles. The van der Waals surface area contributed by atoms with Gasteiger partial charge in [-0.2, -0.15) is 4.98 Å². The van der Waals surface area contributed by atoms with Gasteiger partial charge in [0.25, 0.3) is 5.91 Å². The molecule has 13 heteroatoms. The number of halogens is 1. The van der Waals surface area contributed by atoms with E-state index in [1.807, 2.05) is 43.1 Å². The Hall–Kier alpha value is -4.52. The lowest BCUT2D eigenvalue weighted by atomic mass is 10.1. The van der Waals surface area contributed by atoms with Crippen LogP contribution in [0.4, 0.5) is 14.9 Å². The molecule has 1 aliphatic heterocycles. The van der Waals surface area contributed by atoms with Crippen molar-refractivity contribution in [1.82, 2.24) is 30.4 Å². The number of fused-ring (bicyclic) bond motifs is 1. The Kier molecular flexibility index (Phi) is 10.4. The van der Waals surface area contributed by atoms with Gasteiger partial charge >= 0.3 is 6.09 Å². The molecule has 12 nitrogen and oxygen atoms in total. The van der Waals surface area contributed by atoms with Crippen LogP contribution in [0.15, 0.2) is 47.0 Å². The SMILES string of the molecule is Cc1nc(-c2ccc(F)c(N(CC(=O)NCCN(C(=O)OC(C)(C)C)C(C)C)CC(=O)N(C)N3Cc4ccccc4C3)c2)no1. The number of aryl methyl sites for hydroxylation is 1. The van der Waals surface area contributed by atoms with Crippen LogP contribution in [0.3, 0.4) is 0 Å². The van der Waals surface area contributed by atoms with E-state index >= 15 is 4.39 Å². The van der Waals surface area contributed by atoms with Gasteiger partial charge in [0.2, 0.25) is 17.6 Å². The molecule has 2 heterocycles. The number of hydrazine groups is 1. The second kappa shape index (κ2) is 14.1. The second-order valence-electron chi connectivity index (χ2n) is 12.3. The minimum Gasteiger partial charge on any atom is -0.444 e. The van der Waals surface area contributed by atoms with E-state index in [1.165, 1.54) is 33.0 Å². The van der Waals surface area contributed by atoms with Crippen molar-refractivity contribution in [2.45, 2.75) is 66.3 Å². The number of hydrogen-bond donors (Lipinski definition) is 1. The van der Waals surface area contributed by atoms with Crippen molar-refractivity contribution in [2.24, 2.45) is 0 Å². The molecule has 242 valence electrons. The fraction of sp³-hybridized carbons (Fsp3) is 0.469. The summed E-state index contributed by atoms with van der Waals surface area (Å²) in [4.78, 5) is 46.6. The van der Waals surface area contributed by atoms with Crippen molar-refractivity contribution >= 4 is 23.6 Å². The number of hydrogen-bond acceptors (Lipinski definition) is 9. The highest BCUT2D eigenvalue weighted by molar-refractivity contribution is 5.87. The first-order valence-corrected chi connectivity index (χ1v) is 14.9. The molecule has 0 aliphatic carbocycles. The summed E-state index contributed by atoms with van der Waals surface area (Å²) in [6, 6.07) is 12.0. The third kappa shape index (κ3) is 8.78. The van der Waals surface area contributed by atoms with Gasteiger partial charge in [0.15, 0.2) is 0 Å². The monoisotopic (exact) mass is 623 g/mol. The van der Waals surface area contributed by atoms with Crippen molar-refractivity contribution in [3.8, 4) is 11.4 Å². The molecule has 0 spiro atoms. The number of ether oxygens (including phenoxy) is 1. The van der Waals surface area contributed by atoms with Crippen LogP contribution in [0.5, 0.6) is 0 Å². The summed E-state index contributed by atoms with van der Waals surface area (Å²) >= 11 is 0. The zero-order valence-electron chi connectivity index (χ0n) is 27.0. The van der Waals surface area contributed by atoms with Gasteiger partial charge in [-0.3, -0.25) is 14.6 Å². The van der Waals surface area contributed by atoms with Crippen LogP contribution in [0.2, 0.25) is 0 Å². The number of aromatic nitrogens is 2. The molecule has 1 N–H and O–H groups in total. The summed E-state index contributed by atoms with van der Waals surface area (Å²) in [6.07, 6.45) is -0.485. The third-order valence-electron chi connectivity index (χ3n) is 7.27. The molecule has 1 aliphatic rings. The van der Waals surface area contributed by atoms with Gasteiger partial charge in [-0.25, -0.2) is 14.2 Å². The van der Waals surface area contributed by atoms with E-state index in [0.29, 0.717) is 24.5 Å². The van der Waals surface area contributed by atoms with Crippen LogP contribution < -0.4 is 10.2 Å². The van der Waals surface area contributed by atoms with E-state index in [0.717, 1.165) is 11.1 Å². The van der Waals surface area contributed by atoms with Crippen molar-refractivity contribution in [2.75, 3.05) is 38.1 Å². The molecular weight excluding hydrogens is 581 g/mol. The quantitative estimate of drug-likeness (QED) is 0.336. The Morgan fingerprint density at radius 3 is 2.33 bits per heavy atom. The van der Waals surface area contributed by atoms with Gasteiger partial charge < -0.3 is 24.4 Å². The lowest BCUT2D eigenvalue weighted by molar-refractivity contribution is -0.145. The fourth-order valence-corrected chi connectivity index (χ4v) is 4.91. The lowest BCUT2D eigenvalue weighted by Gasteiger charge is -2.32. The number of carbonyl (C=O) groups excluding carboxylic acids is 3. The highest BCUT2D eigenvalue weighted by Crippen LogP contribution is 2.27. The molecule has 0 saturated heterocycles. The van der Waals surface area contributed by atoms with Crippen molar-refractivity contribution in [3.63, 3.8) is 0 Å². The van der Waals surface area contributed by atoms with Crippen molar-refractivity contribution < 1.29 is 28.0 Å². The number of anilines is 1. The topological polar surface area (TPSA) is 124 Å². The molecule has 0 unspecified atom stereocenters. The minimum atomic E-state index is -0.662. The van der Waals surface area contributed by atoms with E-state index in [2.05, 4.69) is 15.5 Å². The summed E-state index contributed by atoms with van der Waals surface area (Å²) in [5, 5.41) is 10.1. The Morgan fingerprint density at radius 2 is 1.76 bits per heavy atom. The number of nitrogens with zero attached hydrogens (tertiary/aromatic N) is 6. The summed E-state index contributed by atoms with van der Waals surface area (Å²) in [5.74, 6) is -0.796. The van der Waals surface area contributed by atoms with Gasteiger partial charge in [0.05, 0.1) is 18.8 Å². The third-order valence-corrected chi connectivity index (χ3v) is 7.27. The molecule has 4 rings (SSSR count). The molecular formula is C32H42FN7O5. The molecule has 1 aromatic heterocycles. The first kappa shape index (κ1) is 33.4. The fourth-order valence-electron chi connectivity index (χ4n) is 4.91. The van der Waals surface area contributed by atoms with E-state index in [9.17, 15) is 14.4 Å². The van der Waals surface area contributed by atoms with Crippen LogP contribution in [-0.4, -0.2) is 87.8 Å². The molecule has 45 heavy (non-hydrogen) atoms. The predicted molar refractivity (Wildman–Crippen MR) is 166 cm³/mol. The number of nitrogens with one attached hydrogen (secondary N) is 1. The number of rotatable bonds is 11. The summed E-state index contributed by atoms with van der Waals surface area (Å²) in [5.41, 5.74) is 2.10. The number of carbonyl (C=O) groups is 3. The number of benzene rings is 2. The van der Waals surface area contributed by atoms with Gasteiger partial charge in [-0.15, -0.1) is 0 Å². The van der Waals surface area contributed by atoms with E-state index < -0.39 is 23.4 Å². The summed E-state index contributed by atoms with van der Waals surface area (Å²) in [6.45, 7) is 11.6. The Morgan fingerprint density at radius 1 is 1.09 bits per heavy atom. The van der Waals surface area contributed by atoms with E-state index in [-0.39, 0.29) is 49.6 Å². The smallest absolute Gasteiger partial charge is 0.410 e. The number of likely N-dealkylation sites (N-methyl/N-ethyl adjacent to an activating group) is 1. The Labute approximate surface area is 263 Å². The Balaban J connectivity index is 1.49. The highest BCUT2D eigenvalue weighted by atomic mass is 19.1. The molecule has 0 saturated carbocycles. The van der Waals surface area contributed by atoms with Crippen LogP contribution in [0.1, 0.15) is 51.6 Å². The minimum absolute atomic E-state index is 0.0362. The summed E-state index contributed by atoms with van der Waals surface area (Å²) < 4.78 is 25.9. The van der Waals surface area contributed by atoms with Crippen LogP contribution in [0.25, 0.3) is 11.4 Å². The zero-order valence-corrected chi connectivity index (χ0v) is 27.0. The molecule has 3 amide bonds. The van der Waals surface area contributed by atoms with Crippen molar-refractivity contribution in [3.05, 3.63) is 65.3 Å². The molecule has 0 atom stereocenters. The molecule has 0 bridgehead atoms. The van der Waals surface area contributed by atoms with Gasteiger partial charge in [-0.1, -0.05) is 29.4 Å². The highest BCUT2D eigenvalue weighted by Gasteiger charge is 2.28. The maximum absolute atomic E-state index is 15.4. The van der Waals surface area contributed by atoms with Crippen LogP contribution in [-0.2, 0) is 27.4 Å². The predicted octanol–water partition coefficient (Wildman–Crippen LogP) is 4.14. The maximum atomic E-state index is 15.4. The Bertz CT molecular complexity index is 1490. The largest absolute Gasteiger partial charge is 0.444 e. The normalized spacial score (nSPS) is 13.0. The van der Waals surface area contributed by atoms with E-state index in [1.54, 1.807) is 34.7 Å². The maximum Gasteiger partial charge on any atom is 0.410 e. The van der Waals surface area contributed by atoms with E-state index in [4.69, 9.17) is 9.26 Å². The second-order valence-corrected chi connectivity index (χ2v) is 12.3. The first-order valence-electron chi connectivity index (χ1n) is 14.9. The molecule has 0 fully saturated rings. The lowest BCUT2D eigenvalue weighted by Crippen LogP contribution is -2.49. The van der Waals surface area contributed by atoms with Gasteiger partial charge in [0.1, 0.15) is 11.4 Å².